The Labute approximate surface area is 100 Å². The van der Waals surface area contributed by atoms with Crippen molar-refractivity contribution < 1.29 is 20.4 Å². The van der Waals surface area contributed by atoms with Crippen LogP contribution in [0, 0.1) is 0 Å². The minimum Gasteiger partial charge on any atom is -0.0622 e. The van der Waals surface area contributed by atoms with Crippen molar-refractivity contribution in [3.8, 4) is 0 Å². The Morgan fingerprint density at radius 3 is 1.29 bits per heavy atom. The largest absolute Gasteiger partial charge is 0.0622 e. The molecule has 0 aromatic heterocycles. The van der Waals surface area contributed by atoms with Gasteiger partial charge in [0.2, 0.25) is 0 Å². The van der Waals surface area contributed by atoms with Gasteiger partial charge in [0.25, 0.3) is 0 Å². The topological polar surface area (TPSA) is 0 Å². The molecule has 0 spiro atoms. The first kappa shape index (κ1) is 11.6. The van der Waals surface area contributed by atoms with Crippen LogP contribution in [0.1, 0.15) is 0 Å². The first-order valence-corrected chi connectivity index (χ1v) is 5.16. The molecular weight excluding hydrogens is 282 g/mol. The fourth-order valence-electron chi connectivity index (χ4n) is 1.15. The summed E-state index contributed by atoms with van der Waals surface area (Å²) in [4.78, 5) is 0. The summed E-state index contributed by atoms with van der Waals surface area (Å²) in [6.45, 7) is 0. The second-order valence-corrected chi connectivity index (χ2v) is 4.04. The predicted molar refractivity (Wildman–Crippen MR) is 59.1 cm³/mol. The van der Waals surface area contributed by atoms with Gasteiger partial charge in [-0.3, -0.25) is 0 Å². The zero-order valence-electron chi connectivity index (χ0n) is 7.54. The average molecular weight is 292 g/mol. The summed E-state index contributed by atoms with van der Waals surface area (Å²) in [5, 5.41) is 2.68. The molecule has 2 aromatic rings. The molecule has 0 aliphatic heterocycles. The molecule has 0 saturated carbocycles. The van der Waals surface area contributed by atoms with Gasteiger partial charge >= 0.3 is 0 Å². The second-order valence-electron chi connectivity index (χ2n) is 2.78. The van der Waals surface area contributed by atoms with Crippen molar-refractivity contribution in [3.63, 3.8) is 0 Å². The molecule has 0 aliphatic carbocycles. The standard InChI is InChI=1S/C12H10P.Pd/c1-3-7-11(8-4-1)13-12-9-5-2-6-10-12;/h1-10H;. The van der Waals surface area contributed by atoms with Crippen molar-refractivity contribution in [2.45, 2.75) is 0 Å². The van der Waals surface area contributed by atoms with Crippen molar-refractivity contribution in [3.05, 3.63) is 60.7 Å². The molecule has 1 radical (unpaired) electrons. The van der Waals surface area contributed by atoms with Crippen molar-refractivity contribution in [2.24, 2.45) is 0 Å². The van der Waals surface area contributed by atoms with Crippen LogP contribution in [0.3, 0.4) is 0 Å². The molecule has 2 aromatic carbocycles. The molecule has 0 N–H and O–H groups in total. The molecule has 2 rings (SSSR count). The molecule has 0 amide bonds. The molecular formula is C12H10PPd. The van der Waals surface area contributed by atoms with Crippen LogP contribution in [0.2, 0.25) is 0 Å². The Balaban J connectivity index is 0.000000980. The van der Waals surface area contributed by atoms with E-state index >= 15 is 0 Å². The molecule has 0 saturated heterocycles. The van der Waals surface area contributed by atoms with Crippen LogP contribution in [0.25, 0.3) is 0 Å². The third kappa shape index (κ3) is 3.35. The third-order valence-corrected chi connectivity index (χ3v) is 2.88. The summed E-state index contributed by atoms with van der Waals surface area (Å²) < 4.78 is 0. The maximum absolute atomic E-state index is 2.15. The maximum Gasteiger partial charge on any atom is 0 e. The van der Waals surface area contributed by atoms with E-state index in [9.17, 15) is 0 Å². The Morgan fingerprint density at radius 2 is 0.929 bits per heavy atom. The smallest absolute Gasteiger partial charge is 0 e. The van der Waals surface area contributed by atoms with E-state index in [1.165, 1.54) is 19.2 Å². The van der Waals surface area contributed by atoms with Crippen LogP contribution in [0.4, 0.5) is 0 Å². The fraction of sp³-hybridized carbons (Fsp3) is 0. The van der Waals surface area contributed by atoms with Gasteiger partial charge in [-0.15, -0.1) is 0 Å². The molecule has 0 aliphatic rings. The van der Waals surface area contributed by atoms with E-state index in [0.29, 0.717) is 0 Å². The van der Waals surface area contributed by atoms with Gasteiger partial charge in [0, 0.05) is 20.4 Å². The average Bonchev–Trinajstić information content (AvgIpc) is 2.21. The zero-order chi connectivity index (χ0) is 8.93. The molecule has 0 atom stereocenters. The van der Waals surface area contributed by atoms with Crippen LogP contribution >= 0.6 is 8.58 Å². The van der Waals surface area contributed by atoms with E-state index in [1.54, 1.807) is 0 Å². The first-order valence-electron chi connectivity index (χ1n) is 4.27. The van der Waals surface area contributed by atoms with Crippen molar-refractivity contribution >= 4 is 19.2 Å². The van der Waals surface area contributed by atoms with E-state index in [0.717, 1.165) is 0 Å². The van der Waals surface area contributed by atoms with Gasteiger partial charge in [-0.1, -0.05) is 60.7 Å². The van der Waals surface area contributed by atoms with Crippen molar-refractivity contribution in [2.75, 3.05) is 0 Å². The molecule has 2 heteroatoms. The third-order valence-electron chi connectivity index (χ3n) is 1.77. The number of hydrogen-bond acceptors (Lipinski definition) is 0. The van der Waals surface area contributed by atoms with Crippen LogP contribution in [-0.4, -0.2) is 0 Å². The summed E-state index contributed by atoms with van der Waals surface area (Å²) in [5.74, 6) is 0. The molecule has 73 valence electrons. The van der Waals surface area contributed by atoms with Gasteiger partial charge in [-0.25, -0.2) is 0 Å². The van der Waals surface area contributed by atoms with E-state index in [4.69, 9.17) is 0 Å². The van der Waals surface area contributed by atoms with E-state index in [1.807, 2.05) is 12.1 Å². The summed E-state index contributed by atoms with van der Waals surface area (Å²) in [6.07, 6.45) is 0. The quantitative estimate of drug-likeness (QED) is 0.589. The van der Waals surface area contributed by atoms with E-state index < -0.39 is 0 Å². The summed E-state index contributed by atoms with van der Waals surface area (Å²) in [5.41, 5.74) is 0. The van der Waals surface area contributed by atoms with Crippen LogP contribution < -0.4 is 10.6 Å². The monoisotopic (exact) mass is 291 g/mol. The molecule has 14 heavy (non-hydrogen) atoms. The minimum absolute atomic E-state index is 0. The number of benzene rings is 2. The van der Waals surface area contributed by atoms with Gasteiger partial charge in [0.05, 0.1) is 0 Å². The SMILES string of the molecule is [Pd].c1ccc([P]c2ccccc2)cc1. The second kappa shape index (κ2) is 6.10. The van der Waals surface area contributed by atoms with Gasteiger partial charge in [-0.2, -0.15) is 0 Å². The Hall–Kier alpha value is -0.468. The van der Waals surface area contributed by atoms with E-state index in [2.05, 4.69) is 48.5 Å². The maximum atomic E-state index is 2.15. The predicted octanol–water partition coefficient (Wildman–Crippen LogP) is 2.58. The first-order chi connectivity index (χ1) is 6.45. The van der Waals surface area contributed by atoms with Crippen LogP contribution in [-0.2, 0) is 20.4 Å². The van der Waals surface area contributed by atoms with Crippen LogP contribution in [0.5, 0.6) is 0 Å². The van der Waals surface area contributed by atoms with E-state index in [-0.39, 0.29) is 20.4 Å². The summed E-state index contributed by atoms with van der Waals surface area (Å²) >= 11 is 0. The number of hydrogen-bond donors (Lipinski definition) is 0. The molecule has 0 unspecified atom stereocenters. The van der Waals surface area contributed by atoms with Crippen molar-refractivity contribution in [1.29, 1.82) is 0 Å². The van der Waals surface area contributed by atoms with Gasteiger partial charge in [-0.05, 0) is 19.2 Å². The molecule has 0 fully saturated rings. The minimum atomic E-state index is 0. The fourth-order valence-corrected chi connectivity index (χ4v) is 2.09. The van der Waals surface area contributed by atoms with Crippen LogP contribution in [0.15, 0.2) is 60.7 Å². The molecule has 0 heterocycles. The Kier molecular flexibility index (Phi) is 5.06. The molecule has 0 nitrogen and oxygen atoms in total. The Morgan fingerprint density at radius 1 is 0.571 bits per heavy atom. The van der Waals surface area contributed by atoms with Gasteiger partial charge < -0.3 is 0 Å². The number of rotatable bonds is 2. The zero-order valence-corrected chi connectivity index (χ0v) is 9.99. The summed E-state index contributed by atoms with van der Waals surface area (Å²) in [6, 6.07) is 21.0. The summed E-state index contributed by atoms with van der Waals surface area (Å²) in [7, 11) is 1.28. The molecule has 0 bridgehead atoms. The normalized spacial score (nSPS) is 9.14. The van der Waals surface area contributed by atoms with Crippen molar-refractivity contribution in [1.82, 2.24) is 0 Å². The van der Waals surface area contributed by atoms with Gasteiger partial charge in [0.15, 0.2) is 0 Å². The Bertz CT molecular complexity index is 321. The van der Waals surface area contributed by atoms with Gasteiger partial charge in [0.1, 0.15) is 0 Å².